The molecule has 0 bridgehead atoms. The van der Waals surface area contributed by atoms with Gasteiger partial charge < -0.3 is 10.0 Å². The average molecular weight is 261 g/mol. The number of carboxylic acids is 1. The van der Waals surface area contributed by atoms with E-state index < -0.39 is 5.97 Å². The summed E-state index contributed by atoms with van der Waals surface area (Å²) >= 11 is 0. The number of nitrogens with zero attached hydrogens (tertiary/aromatic N) is 3. The first-order chi connectivity index (χ1) is 8.99. The van der Waals surface area contributed by atoms with Crippen molar-refractivity contribution in [2.45, 2.75) is 39.7 Å². The van der Waals surface area contributed by atoms with Gasteiger partial charge in [-0.05, 0) is 32.4 Å². The van der Waals surface area contributed by atoms with Gasteiger partial charge in [-0.25, -0.2) is 9.78 Å². The maximum absolute atomic E-state index is 11.1. The van der Waals surface area contributed by atoms with E-state index in [0.717, 1.165) is 5.69 Å². The molecule has 1 aromatic heterocycles. The number of rotatable bonds is 6. The minimum absolute atomic E-state index is 0.162. The Hall–Kier alpha value is -2.09. The van der Waals surface area contributed by atoms with Gasteiger partial charge in [-0.1, -0.05) is 6.92 Å². The maximum Gasteiger partial charge on any atom is 0.335 e. The molecule has 0 unspecified atom stereocenters. The first kappa shape index (κ1) is 15.0. The molecule has 1 N–H and O–H groups in total. The first-order valence-corrected chi connectivity index (χ1v) is 6.37. The summed E-state index contributed by atoms with van der Waals surface area (Å²) in [5, 5.41) is 17.8. The van der Waals surface area contributed by atoms with Crippen LogP contribution in [0.2, 0.25) is 0 Å². The molecule has 0 atom stereocenters. The fourth-order valence-electron chi connectivity index (χ4n) is 1.83. The Balaban J connectivity index is 3.18. The highest BCUT2D eigenvalue weighted by Gasteiger charge is 2.15. The Morgan fingerprint density at radius 1 is 1.53 bits per heavy atom. The third-order valence-electron chi connectivity index (χ3n) is 2.86. The minimum Gasteiger partial charge on any atom is -0.478 e. The molecule has 0 amide bonds. The molecule has 1 heterocycles. The number of pyridine rings is 1. The van der Waals surface area contributed by atoms with Crippen LogP contribution in [0.25, 0.3) is 0 Å². The van der Waals surface area contributed by atoms with Crippen LogP contribution in [0.15, 0.2) is 12.1 Å². The quantitative estimate of drug-likeness (QED) is 0.851. The van der Waals surface area contributed by atoms with Crippen LogP contribution in [0.5, 0.6) is 0 Å². The molecule has 1 rings (SSSR count). The summed E-state index contributed by atoms with van der Waals surface area (Å²) in [6.45, 7) is 6.48. The number of nitriles is 1. The fraction of sp³-hybridized carbons (Fsp3) is 0.500. The maximum atomic E-state index is 11.1. The molecule has 0 saturated heterocycles. The standard InChI is InChI=1S/C14H19N3O2/c1-4-12-8-11(14(18)19)9-13(16-12)17(10(2)3)7-5-6-15/h8-10H,4-5,7H2,1-3H3,(H,18,19). The highest BCUT2D eigenvalue weighted by Crippen LogP contribution is 2.18. The van der Waals surface area contributed by atoms with Crippen molar-refractivity contribution in [1.82, 2.24) is 4.98 Å². The van der Waals surface area contributed by atoms with Crippen LogP contribution in [-0.4, -0.2) is 28.6 Å². The molecule has 0 aliphatic rings. The topological polar surface area (TPSA) is 77.2 Å². The van der Waals surface area contributed by atoms with Gasteiger partial charge in [0.25, 0.3) is 0 Å². The summed E-state index contributed by atoms with van der Waals surface area (Å²) in [5.74, 6) is -0.329. The summed E-state index contributed by atoms with van der Waals surface area (Å²) in [5.41, 5.74) is 0.988. The molecule has 0 aromatic carbocycles. The van der Waals surface area contributed by atoms with E-state index >= 15 is 0 Å². The molecule has 0 spiro atoms. The Morgan fingerprint density at radius 3 is 2.68 bits per heavy atom. The average Bonchev–Trinajstić information content (AvgIpc) is 2.38. The van der Waals surface area contributed by atoms with Crippen molar-refractivity contribution in [3.8, 4) is 6.07 Å². The van der Waals surface area contributed by atoms with Crippen LogP contribution in [0, 0.1) is 11.3 Å². The van der Waals surface area contributed by atoms with E-state index in [9.17, 15) is 4.79 Å². The Kier molecular flexibility index (Phi) is 5.31. The lowest BCUT2D eigenvalue weighted by molar-refractivity contribution is 0.0696. The van der Waals surface area contributed by atoms with Crippen molar-refractivity contribution in [3.05, 3.63) is 23.4 Å². The number of aromatic carboxylic acids is 1. The van der Waals surface area contributed by atoms with Gasteiger partial charge in [0.1, 0.15) is 5.82 Å². The Labute approximate surface area is 113 Å². The zero-order chi connectivity index (χ0) is 14.4. The molecule has 0 fully saturated rings. The third-order valence-corrected chi connectivity index (χ3v) is 2.86. The molecule has 1 aromatic rings. The van der Waals surface area contributed by atoms with Gasteiger partial charge >= 0.3 is 5.97 Å². The van der Waals surface area contributed by atoms with E-state index in [1.807, 2.05) is 25.7 Å². The number of hydrogen-bond donors (Lipinski definition) is 1. The zero-order valence-corrected chi connectivity index (χ0v) is 11.6. The molecule has 0 radical (unpaired) electrons. The van der Waals surface area contributed by atoms with Crippen molar-refractivity contribution in [2.24, 2.45) is 0 Å². The van der Waals surface area contributed by atoms with E-state index in [0.29, 0.717) is 25.2 Å². The number of aromatic nitrogens is 1. The van der Waals surface area contributed by atoms with Gasteiger partial charge in [-0.3, -0.25) is 0 Å². The zero-order valence-electron chi connectivity index (χ0n) is 11.6. The van der Waals surface area contributed by atoms with Crippen LogP contribution in [0.3, 0.4) is 0 Å². The number of hydrogen-bond acceptors (Lipinski definition) is 4. The van der Waals surface area contributed by atoms with Gasteiger partial charge in [0, 0.05) is 18.3 Å². The van der Waals surface area contributed by atoms with Gasteiger partial charge in [-0.15, -0.1) is 0 Å². The van der Waals surface area contributed by atoms with Crippen LogP contribution in [-0.2, 0) is 6.42 Å². The van der Waals surface area contributed by atoms with Gasteiger partial charge in [-0.2, -0.15) is 5.26 Å². The van der Waals surface area contributed by atoms with Crippen LogP contribution in [0.1, 0.15) is 43.2 Å². The second kappa shape index (κ2) is 6.74. The minimum atomic E-state index is -0.956. The van der Waals surface area contributed by atoms with Crippen molar-refractivity contribution >= 4 is 11.8 Å². The number of carbonyl (C=O) groups is 1. The third kappa shape index (κ3) is 3.95. The summed E-state index contributed by atoms with van der Waals surface area (Å²) in [6.07, 6.45) is 1.07. The van der Waals surface area contributed by atoms with E-state index in [4.69, 9.17) is 10.4 Å². The van der Waals surface area contributed by atoms with Crippen molar-refractivity contribution in [2.75, 3.05) is 11.4 Å². The summed E-state index contributed by atoms with van der Waals surface area (Å²) < 4.78 is 0. The summed E-state index contributed by atoms with van der Waals surface area (Å²) in [7, 11) is 0. The van der Waals surface area contributed by atoms with E-state index in [-0.39, 0.29) is 11.6 Å². The van der Waals surface area contributed by atoms with E-state index in [1.165, 1.54) is 0 Å². The monoisotopic (exact) mass is 261 g/mol. The largest absolute Gasteiger partial charge is 0.478 e. The molecule has 5 heteroatoms. The Morgan fingerprint density at radius 2 is 2.21 bits per heavy atom. The first-order valence-electron chi connectivity index (χ1n) is 6.37. The van der Waals surface area contributed by atoms with Gasteiger partial charge in [0.05, 0.1) is 18.1 Å². The lowest BCUT2D eigenvalue weighted by Gasteiger charge is -2.27. The van der Waals surface area contributed by atoms with Gasteiger partial charge in [0.15, 0.2) is 0 Å². The molecule has 0 aliphatic heterocycles. The molecule has 19 heavy (non-hydrogen) atoms. The molecule has 0 saturated carbocycles. The smallest absolute Gasteiger partial charge is 0.335 e. The predicted molar refractivity (Wildman–Crippen MR) is 73.3 cm³/mol. The molecular weight excluding hydrogens is 242 g/mol. The SMILES string of the molecule is CCc1cc(C(=O)O)cc(N(CCC#N)C(C)C)n1. The van der Waals surface area contributed by atoms with Crippen LogP contribution >= 0.6 is 0 Å². The van der Waals surface area contributed by atoms with Crippen molar-refractivity contribution < 1.29 is 9.90 Å². The highest BCUT2D eigenvalue weighted by molar-refractivity contribution is 5.88. The van der Waals surface area contributed by atoms with Crippen LogP contribution < -0.4 is 4.90 Å². The van der Waals surface area contributed by atoms with E-state index in [2.05, 4.69) is 11.1 Å². The molecule has 102 valence electrons. The lowest BCUT2D eigenvalue weighted by atomic mass is 10.1. The number of anilines is 1. The normalized spacial score (nSPS) is 10.3. The predicted octanol–water partition coefficient (Wildman–Crippen LogP) is 2.47. The van der Waals surface area contributed by atoms with E-state index in [1.54, 1.807) is 12.1 Å². The highest BCUT2D eigenvalue weighted by atomic mass is 16.4. The second-order valence-corrected chi connectivity index (χ2v) is 4.56. The van der Waals surface area contributed by atoms with Crippen LogP contribution in [0.4, 0.5) is 5.82 Å². The molecular formula is C14H19N3O2. The van der Waals surface area contributed by atoms with Gasteiger partial charge in [0.2, 0.25) is 0 Å². The molecule has 0 aliphatic carbocycles. The number of aryl methyl sites for hydroxylation is 1. The van der Waals surface area contributed by atoms with Crippen molar-refractivity contribution in [3.63, 3.8) is 0 Å². The molecule has 5 nitrogen and oxygen atoms in total. The second-order valence-electron chi connectivity index (χ2n) is 4.56. The number of carboxylic acid groups (broad SMARTS) is 1. The fourth-order valence-corrected chi connectivity index (χ4v) is 1.83. The van der Waals surface area contributed by atoms with Crippen molar-refractivity contribution in [1.29, 1.82) is 5.26 Å². The summed E-state index contributed by atoms with van der Waals surface area (Å²) in [6, 6.07) is 5.42. The lowest BCUT2D eigenvalue weighted by Crippen LogP contribution is -2.32. The Bertz CT molecular complexity index is 492. The summed E-state index contributed by atoms with van der Waals surface area (Å²) in [4.78, 5) is 17.5.